The van der Waals surface area contributed by atoms with Crippen molar-refractivity contribution in [2.24, 2.45) is 0 Å². The predicted molar refractivity (Wildman–Crippen MR) is 64.9 cm³/mol. The lowest BCUT2D eigenvalue weighted by molar-refractivity contribution is 0.134. The molecule has 17 heavy (non-hydrogen) atoms. The summed E-state index contributed by atoms with van der Waals surface area (Å²) in [4.78, 5) is 0. The first-order valence-electron chi connectivity index (χ1n) is 5.96. The predicted octanol–water partition coefficient (Wildman–Crippen LogP) is 0.223. The highest BCUT2D eigenvalue weighted by atomic mass is 16.5. The van der Waals surface area contributed by atoms with E-state index in [4.69, 9.17) is 9.47 Å². The van der Waals surface area contributed by atoms with E-state index in [1.54, 1.807) is 7.11 Å². The lowest BCUT2D eigenvalue weighted by Crippen LogP contribution is -2.14. The molecule has 0 saturated heterocycles. The first-order valence-corrected chi connectivity index (χ1v) is 5.96. The molecule has 0 unspecified atom stereocenters. The molecule has 1 aromatic heterocycles. The summed E-state index contributed by atoms with van der Waals surface area (Å²) >= 11 is 0. The van der Waals surface area contributed by atoms with Crippen LogP contribution in [0.15, 0.2) is 0 Å². The Bertz CT molecular complexity index is 314. The maximum Gasteiger partial charge on any atom is 0.0997 e. The van der Waals surface area contributed by atoms with Crippen LogP contribution in [0.25, 0.3) is 0 Å². The summed E-state index contributed by atoms with van der Waals surface area (Å²) < 4.78 is 12.3. The van der Waals surface area contributed by atoms with Gasteiger partial charge >= 0.3 is 0 Å². The zero-order chi connectivity index (χ0) is 12.5. The van der Waals surface area contributed by atoms with Gasteiger partial charge in [-0.05, 0) is 14.0 Å². The summed E-state index contributed by atoms with van der Waals surface area (Å²) in [7, 11) is 3.60. The van der Waals surface area contributed by atoms with Crippen molar-refractivity contribution < 1.29 is 9.47 Å². The second-order valence-electron chi connectivity index (χ2n) is 3.68. The monoisotopic (exact) mass is 242 g/mol. The SMILES string of the molecule is CCOCCn1nnc(CNC)c1CCOC. The van der Waals surface area contributed by atoms with Crippen LogP contribution < -0.4 is 5.32 Å². The highest BCUT2D eigenvalue weighted by Gasteiger charge is 2.11. The van der Waals surface area contributed by atoms with Gasteiger partial charge in [0.2, 0.25) is 0 Å². The van der Waals surface area contributed by atoms with Gasteiger partial charge in [0.05, 0.1) is 31.1 Å². The van der Waals surface area contributed by atoms with Crippen molar-refractivity contribution >= 4 is 0 Å². The molecule has 1 heterocycles. The summed E-state index contributed by atoms with van der Waals surface area (Å²) in [5.74, 6) is 0. The molecule has 98 valence electrons. The third-order valence-electron chi connectivity index (χ3n) is 2.46. The number of hydrogen-bond acceptors (Lipinski definition) is 5. The zero-order valence-electron chi connectivity index (χ0n) is 10.9. The molecular weight excluding hydrogens is 220 g/mol. The summed E-state index contributed by atoms with van der Waals surface area (Å²) in [6, 6.07) is 0. The van der Waals surface area contributed by atoms with Crippen LogP contribution in [0, 0.1) is 0 Å². The third kappa shape index (κ3) is 4.41. The zero-order valence-corrected chi connectivity index (χ0v) is 10.9. The number of rotatable bonds is 9. The lowest BCUT2D eigenvalue weighted by Gasteiger charge is -2.07. The van der Waals surface area contributed by atoms with Crippen LogP contribution in [0.1, 0.15) is 18.3 Å². The van der Waals surface area contributed by atoms with Gasteiger partial charge in [0.1, 0.15) is 0 Å². The number of ether oxygens (including phenoxy) is 2. The molecule has 0 aliphatic heterocycles. The molecule has 0 spiro atoms. The van der Waals surface area contributed by atoms with E-state index in [0.717, 1.165) is 37.5 Å². The summed E-state index contributed by atoms with van der Waals surface area (Å²) in [6.07, 6.45) is 0.826. The Morgan fingerprint density at radius 3 is 2.82 bits per heavy atom. The summed E-state index contributed by atoms with van der Waals surface area (Å²) in [5.41, 5.74) is 2.11. The van der Waals surface area contributed by atoms with Crippen LogP contribution >= 0.6 is 0 Å². The van der Waals surface area contributed by atoms with Crippen molar-refractivity contribution in [3.8, 4) is 0 Å². The molecule has 6 nitrogen and oxygen atoms in total. The largest absolute Gasteiger partial charge is 0.384 e. The van der Waals surface area contributed by atoms with Crippen LogP contribution in [0.5, 0.6) is 0 Å². The number of methoxy groups -OCH3 is 1. The molecular formula is C11H22N4O2. The standard InChI is InChI=1S/C11H22N4O2/c1-4-17-8-6-15-11(5-7-16-3)10(9-12-2)13-14-15/h12H,4-9H2,1-3H3. The second kappa shape index (κ2) is 8.16. The van der Waals surface area contributed by atoms with Gasteiger partial charge in [0, 0.05) is 26.7 Å². The van der Waals surface area contributed by atoms with E-state index < -0.39 is 0 Å². The lowest BCUT2D eigenvalue weighted by atomic mass is 10.2. The van der Waals surface area contributed by atoms with Crippen LogP contribution in [-0.2, 0) is 29.0 Å². The first kappa shape index (κ1) is 14.1. The topological polar surface area (TPSA) is 61.2 Å². The molecule has 1 N–H and O–H groups in total. The first-order chi connectivity index (χ1) is 8.33. The molecule has 0 aliphatic carbocycles. The molecule has 1 rings (SSSR count). The number of nitrogens with zero attached hydrogens (tertiary/aromatic N) is 3. The van der Waals surface area contributed by atoms with Gasteiger partial charge in [-0.2, -0.15) is 0 Å². The van der Waals surface area contributed by atoms with Gasteiger partial charge in [-0.25, -0.2) is 4.68 Å². The Morgan fingerprint density at radius 1 is 1.35 bits per heavy atom. The minimum Gasteiger partial charge on any atom is -0.384 e. The van der Waals surface area contributed by atoms with E-state index in [2.05, 4.69) is 15.6 Å². The molecule has 0 fully saturated rings. The van der Waals surface area contributed by atoms with E-state index in [1.807, 2.05) is 18.7 Å². The molecule has 0 aromatic carbocycles. The van der Waals surface area contributed by atoms with Crippen molar-refractivity contribution in [3.63, 3.8) is 0 Å². The van der Waals surface area contributed by atoms with Crippen LogP contribution in [0.2, 0.25) is 0 Å². The van der Waals surface area contributed by atoms with Crippen LogP contribution in [0.4, 0.5) is 0 Å². The minimum absolute atomic E-state index is 0.666. The Balaban J connectivity index is 2.65. The van der Waals surface area contributed by atoms with E-state index in [0.29, 0.717) is 13.2 Å². The molecule has 1 aromatic rings. The van der Waals surface area contributed by atoms with Crippen LogP contribution in [-0.4, -0.2) is 49.0 Å². The van der Waals surface area contributed by atoms with Gasteiger partial charge in [0.15, 0.2) is 0 Å². The Hall–Kier alpha value is -0.980. The average molecular weight is 242 g/mol. The van der Waals surface area contributed by atoms with E-state index in [9.17, 15) is 0 Å². The van der Waals surface area contributed by atoms with Gasteiger partial charge in [-0.15, -0.1) is 5.10 Å². The highest BCUT2D eigenvalue weighted by Crippen LogP contribution is 2.06. The van der Waals surface area contributed by atoms with Gasteiger partial charge < -0.3 is 14.8 Å². The maximum absolute atomic E-state index is 5.33. The highest BCUT2D eigenvalue weighted by molar-refractivity contribution is 5.10. The smallest absolute Gasteiger partial charge is 0.0997 e. The second-order valence-corrected chi connectivity index (χ2v) is 3.68. The molecule has 0 aliphatic rings. The Morgan fingerprint density at radius 2 is 2.18 bits per heavy atom. The van der Waals surface area contributed by atoms with Gasteiger partial charge in [-0.1, -0.05) is 5.21 Å². The number of hydrogen-bond donors (Lipinski definition) is 1. The normalized spacial score (nSPS) is 11.0. The van der Waals surface area contributed by atoms with E-state index in [-0.39, 0.29) is 0 Å². The van der Waals surface area contributed by atoms with Crippen LogP contribution in [0.3, 0.4) is 0 Å². The average Bonchev–Trinajstić information content (AvgIpc) is 2.70. The van der Waals surface area contributed by atoms with Crippen molar-refractivity contribution in [2.75, 3.05) is 34.0 Å². The molecule has 0 bridgehead atoms. The molecule has 6 heteroatoms. The summed E-state index contributed by atoms with van der Waals surface area (Å²) in [5, 5.41) is 11.4. The third-order valence-corrected chi connectivity index (χ3v) is 2.46. The molecule has 0 radical (unpaired) electrons. The fraction of sp³-hybridized carbons (Fsp3) is 0.818. The maximum atomic E-state index is 5.33. The van der Waals surface area contributed by atoms with Crippen molar-refractivity contribution in [3.05, 3.63) is 11.4 Å². The van der Waals surface area contributed by atoms with E-state index >= 15 is 0 Å². The fourth-order valence-corrected chi connectivity index (χ4v) is 1.62. The molecule has 0 amide bonds. The quantitative estimate of drug-likeness (QED) is 0.628. The van der Waals surface area contributed by atoms with Gasteiger partial charge in [-0.3, -0.25) is 0 Å². The fourth-order valence-electron chi connectivity index (χ4n) is 1.62. The molecule has 0 atom stereocenters. The van der Waals surface area contributed by atoms with Crippen molar-refractivity contribution in [1.82, 2.24) is 20.3 Å². The van der Waals surface area contributed by atoms with Crippen molar-refractivity contribution in [2.45, 2.75) is 26.4 Å². The summed E-state index contributed by atoms with van der Waals surface area (Å²) in [6.45, 7) is 5.53. The van der Waals surface area contributed by atoms with E-state index in [1.165, 1.54) is 0 Å². The Kier molecular flexibility index (Phi) is 6.76. The Labute approximate surface area is 102 Å². The van der Waals surface area contributed by atoms with Crippen molar-refractivity contribution in [1.29, 1.82) is 0 Å². The van der Waals surface area contributed by atoms with Gasteiger partial charge in [0.25, 0.3) is 0 Å². The number of aromatic nitrogens is 3. The number of nitrogens with one attached hydrogen (secondary N) is 1. The minimum atomic E-state index is 0.666. The molecule has 0 saturated carbocycles.